The van der Waals surface area contributed by atoms with Crippen LogP contribution in [0.1, 0.15) is 34.9 Å². The van der Waals surface area contributed by atoms with Crippen LogP contribution in [0.5, 0.6) is 0 Å². The van der Waals surface area contributed by atoms with E-state index >= 15 is 0 Å². The third-order valence-corrected chi connectivity index (χ3v) is 4.19. The van der Waals surface area contributed by atoms with Gasteiger partial charge in [0, 0.05) is 18.5 Å². The SMILES string of the molecule is CCc1nc(CNC[C@@H](O)c2cccc(C(F)(F)F)c2)cs1. The lowest BCUT2D eigenvalue weighted by Gasteiger charge is -2.14. The molecule has 0 bridgehead atoms. The quantitative estimate of drug-likeness (QED) is 0.851. The molecule has 0 spiro atoms. The van der Waals surface area contributed by atoms with Crippen molar-refractivity contribution >= 4 is 11.3 Å². The Hall–Kier alpha value is -1.44. The Morgan fingerprint density at radius 1 is 1.36 bits per heavy atom. The van der Waals surface area contributed by atoms with Crippen molar-refractivity contribution in [2.75, 3.05) is 6.54 Å². The Morgan fingerprint density at radius 3 is 2.77 bits per heavy atom. The average molecular weight is 330 g/mol. The number of nitrogens with one attached hydrogen (secondary N) is 1. The number of thiazole rings is 1. The highest BCUT2D eigenvalue weighted by molar-refractivity contribution is 7.09. The Kier molecular flexibility index (Phi) is 5.55. The van der Waals surface area contributed by atoms with Gasteiger partial charge in [-0.25, -0.2) is 4.98 Å². The fraction of sp³-hybridized carbons (Fsp3) is 0.400. The molecule has 0 aliphatic rings. The molecular weight excluding hydrogens is 313 g/mol. The molecule has 2 aromatic rings. The van der Waals surface area contributed by atoms with Crippen molar-refractivity contribution in [1.82, 2.24) is 10.3 Å². The highest BCUT2D eigenvalue weighted by atomic mass is 32.1. The van der Waals surface area contributed by atoms with Gasteiger partial charge in [0.1, 0.15) is 0 Å². The summed E-state index contributed by atoms with van der Waals surface area (Å²) < 4.78 is 37.9. The molecule has 0 amide bonds. The van der Waals surface area contributed by atoms with E-state index < -0.39 is 17.8 Å². The smallest absolute Gasteiger partial charge is 0.387 e. The molecular formula is C15H17F3N2OS. The van der Waals surface area contributed by atoms with E-state index in [2.05, 4.69) is 10.3 Å². The normalized spacial score (nSPS) is 13.3. The van der Waals surface area contributed by atoms with E-state index in [9.17, 15) is 18.3 Å². The molecule has 2 rings (SSSR count). The molecule has 0 fully saturated rings. The van der Waals surface area contributed by atoms with Crippen LogP contribution in [0.25, 0.3) is 0 Å². The zero-order valence-electron chi connectivity index (χ0n) is 12.0. The van der Waals surface area contributed by atoms with Crippen LogP contribution in [0.4, 0.5) is 13.2 Å². The lowest BCUT2D eigenvalue weighted by Crippen LogP contribution is -2.21. The molecule has 1 aromatic carbocycles. The standard InChI is InChI=1S/C15H17F3N2OS/c1-2-14-20-12(9-22-14)7-19-8-13(21)10-4-3-5-11(6-10)15(16,17)18/h3-6,9,13,19,21H,2,7-8H2,1H3/t13-/m1/s1. The van der Waals surface area contributed by atoms with Gasteiger partial charge in [0.2, 0.25) is 0 Å². The van der Waals surface area contributed by atoms with Gasteiger partial charge in [-0.2, -0.15) is 13.2 Å². The van der Waals surface area contributed by atoms with E-state index in [4.69, 9.17) is 0 Å². The number of aryl methyl sites for hydroxylation is 1. The molecule has 0 aliphatic heterocycles. The minimum absolute atomic E-state index is 0.167. The summed E-state index contributed by atoms with van der Waals surface area (Å²) in [5, 5.41) is 16.0. The van der Waals surface area contributed by atoms with Crippen LogP contribution in [0.15, 0.2) is 29.6 Å². The number of aromatic nitrogens is 1. The lowest BCUT2D eigenvalue weighted by molar-refractivity contribution is -0.137. The molecule has 0 unspecified atom stereocenters. The maximum atomic E-state index is 12.6. The number of halogens is 3. The summed E-state index contributed by atoms with van der Waals surface area (Å²) >= 11 is 1.57. The summed E-state index contributed by atoms with van der Waals surface area (Å²) in [5.41, 5.74) is 0.365. The summed E-state index contributed by atoms with van der Waals surface area (Å²) in [5.74, 6) is 0. The molecule has 120 valence electrons. The third kappa shape index (κ3) is 4.53. The highest BCUT2D eigenvalue weighted by Crippen LogP contribution is 2.30. The summed E-state index contributed by atoms with van der Waals surface area (Å²) in [6.07, 6.45) is -4.52. The van der Waals surface area contributed by atoms with Crippen LogP contribution < -0.4 is 5.32 Å². The number of aliphatic hydroxyl groups excluding tert-OH is 1. The van der Waals surface area contributed by atoms with Crippen molar-refractivity contribution in [3.05, 3.63) is 51.5 Å². The average Bonchev–Trinajstić information content (AvgIpc) is 2.94. The van der Waals surface area contributed by atoms with Gasteiger partial charge in [-0.05, 0) is 24.1 Å². The van der Waals surface area contributed by atoms with E-state index in [1.54, 1.807) is 11.3 Å². The predicted molar refractivity (Wildman–Crippen MR) is 79.6 cm³/mol. The molecule has 0 aliphatic carbocycles. The third-order valence-electron chi connectivity index (χ3n) is 3.14. The van der Waals surface area contributed by atoms with Gasteiger partial charge in [0.15, 0.2) is 0 Å². The number of nitrogens with zero attached hydrogens (tertiary/aromatic N) is 1. The number of alkyl halides is 3. The highest BCUT2D eigenvalue weighted by Gasteiger charge is 2.30. The van der Waals surface area contributed by atoms with Crippen molar-refractivity contribution in [3.8, 4) is 0 Å². The maximum Gasteiger partial charge on any atom is 0.416 e. The van der Waals surface area contributed by atoms with Crippen LogP contribution in [-0.2, 0) is 19.1 Å². The van der Waals surface area contributed by atoms with E-state index in [0.717, 1.165) is 29.3 Å². The number of rotatable bonds is 6. The van der Waals surface area contributed by atoms with Gasteiger partial charge >= 0.3 is 6.18 Å². The van der Waals surface area contributed by atoms with E-state index in [1.165, 1.54) is 12.1 Å². The summed E-state index contributed by atoms with van der Waals surface area (Å²) in [6, 6.07) is 4.75. The van der Waals surface area contributed by atoms with Gasteiger partial charge in [0.05, 0.1) is 22.4 Å². The van der Waals surface area contributed by atoms with Crippen molar-refractivity contribution in [2.24, 2.45) is 0 Å². The molecule has 22 heavy (non-hydrogen) atoms. The Morgan fingerprint density at radius 2 is 2.14 bits per heavy atom. The number of hydrogen-bond acceptors (Lipinski definition) is 4. The molecule has 3 nitrogen and oxygen atoms in total. The van der Waals surface area contributed by atoms with E-state index in [1.807, 2.05) is 12.3 Å². The van der Waals surface area contributed by atoms with Crippen LogP contribution in [0, 0.1) is 0 Å². The largest absolute Gasteiger partial charge is 0.416 e. The second-order valence-corrected chi connectivity index (χ2v) is 5.80. The van der Waals surface area contributed by atoms with Gasteiger partial charge in [-0.15, -0.1) is 11.3 Å². The molecule has 1 heterocycles. The number of aliphatic hydroxyl groups is 1. The molecule has 0 radical (unpaired) electrons. The fourth-order valence-electron chi connectivity index (χ4n) is 1.97. The van der Waals surface area contributed by atoms with Crippen LogP contribution in [0.3, 0.4) is 0 Å². The molecule has 2 N–H and O–H groups in total. The topological polar surface area (TPSA) is 45.2 Å². The molecule has 0 saturated carbocycles. The van der Waals surface area contributed by atoms with Gasteiger partial charge in [-0.1, -0.05) is 19.1 Å². The van der Waals surface area contributed by atoms with E-state index in [-0.39, 0.29) is 12.1 Å². The predicted octanol–water partition coefficient (Wildman–Crippen LogP) is 3.55. The van der Waals surface area contributed by atoms with Crippen LogP contribution in [-0.4, -0.2) is 16.6 Å². The zero-order valence-corrected chi connectivity index (χ0v) is 12.8. The summed E-state index contributed by atoms with van der Waals surface area (Å²) in [6.45, 7) is 2.67. The first-order valence-corrected chi connectivity index (χ1v) is 7.77. The first-order chi connectivity index (χ1) is 10.4. The van der Waals surface area contributed by atoms with Crippen LogP contribution in [0.2, 0.25) is 0 Å². The van der Waals surface area contributed by atoms with Crippen LogP contribution >= 0.6 is 11.3 Å². The second kappa shape index (κ2) is 7.21. The zero-order chi connectivity index (χ0) is 16.2. The van der Waals surface area contributed by atoms with E-state index in [0.29, 0.717) is 6.54 Å². The minimum atomic E-state index is -4.40. The maximum absolute atomic E-state index is 12.6. The molecule has 0 saturated heterocycles. The Labute approximate surface area is 130 Å². The Balaban J connectivity index is 1.90. The molecule has 7 heteroatoms. The van der Waals surface area contributed by atoms with Gasteiger partial charge in [0.25, 0.3) is 0 Å². The molecule has 1 aromatic heterocycles. The monoisotopic (exact) mass is 330 g/mol. The van der Waals surface area contributed by atoms with Crippen molar-refractivity contribution in [1.29, 1.82) is 0 Å². The fourth-order valence-corrected chi connectivity index (χ4v) is 2.71. The number of benzene rings is 1. The van der Waals surface area contributed by atoms with Crippen molar-refractivity contribution in [2.45, 2.75) is 32.2 Å². The molecule has 1 atom stereocenters. The van der Waals surface area contributed by atoms with Crippen molar-refractivity contribution < 1.29 is 18.3 Å². The van der Waals surface area contributed by atoms with Gasteiger partial charge in [-0.3, -0.25) is 0 Å². The van der Waals surface area contributed by atoms with Gasteiger partial charge < -0.3 is 10.4 Å². The minimum Gasteiger partial charge on any atom is -0.387 e. The number of hydrogen-bond donors (Lipinski definition) is 2. The Bertz CT molecular complexity index is 613. The lowest BCUT2D eigenvalue weighted by atomic mass is 10.1. The van der Waals surface area contributed by atoms with Crippen molar-refractivity contribution in [3.63, 3.8) is 0 Å². The summed E-state index contributed by atoms with van der Waals surface area (Å²) in [4.78, 5) is 4.37. The first kappa shape index (κ1) is 16.9. The first-order valence-electron chi connectivity index (χ1n) is 6.89. The summed E-state index contributed by atoms with van der Waals surface area (Å²) in [7, 11) is 0. The second-order valence-electron chi connectivity index (χ2n) is 4.86.